The van der Waals surface area contributed by atoms with E-state index in [9.17, 15) is 53.5 Å². The molecule has 0 amide bonds. The van der Waals surface area contributed by atoms with Crippen LogP contribution in [0.15, 0.2) is 0 Å². The first-order chi connectivity index (χ1) is 16.9. The van der Waals surface area contributed by atoms with Crippen LogP contribution >= 0.6 is 0 Å². The van der Waals surface area contributed by atoms with Crippen LogP contribution < -0.4 is 0 Å². The summed E-state index contributed by atoms with van der Waals surface area (Å²) in [4.78, 5) is 23.8. The molecule has 1 aliphatic carbocycles. The molecular formula is C22H14F10O4. The molecule has 3 rings (SSSR count). The van der Waals surface area contributed by atoms with E-state index >= 15 is 0 Å². The number of benzene rings is 2. The summed E-state index contributed by atoms with van der Waals surface area (Å²) in [6.07, 6.45) is 1.09. The van der Waals surface area contributed by atoms with Crippen molar-refractivity contribution in [3.63, 3.8) is 0 Å². The van der Waals surface area contributed by atoms with Gasteiger partial charge < -0.3 is 9.47 Å². The Balaban J connectivity index is 1.52. The molecule has 0 atom stereocenters. The van der Waals surface area contributed by atoms with E-state index in [2.05, 4.69) is 9.47 Å². The van der Waals surface area contributed by atoms with Crippen LogP contribution in [0.1, 0.15) is 46.4 Å². The van der Waals surface area contributed by atoms with Gasteiger partial charge in [0.05, 0.1) is 13.2 Å². The van der Waals surface area contributed by atoms with Crippen molar-refractivity contribution in [3.05, 3.63) is 69.3 Å². The van der Waals surface area contributed by atoms with Crippen LogP contribution in [0.2, 0.25) is 0 Å². The van der Waals surface area contributed by atoms with Gasteiger partial charge in [-0.2, -0.15) is 0 Å². The first-order valence-electron chi connectivity index (χ1n) is 10.2. The highest BCUT2D eigenvalue weighted by Crippen LogP contribution is 2.31. The highest BCUT2D eigenvalue weighted by Gasteiger charge is 2.33. The monoisotopic (exact) mass is 532 g/mol. The van der Waals surface area contributed by atoms with Crippen LogP contribution in [0.3, 0.4) is 0 Å². The minimum Gasteiger partial charge on any atom is -0.462 e. The molecule has 1 saturated carbocycles. The van der Waals surface area contributed by atoms with Crippen molar-refractivity contribution < 1.29 is 63.0 Å². The van der Waals surface area contributed by atoms with Gasteiger partial charge in [-0.05, 0) is 37.5 Å². The van der Waals surface area contributed by atoms with Crippen molar-refractivity contribution in [2.75, 3.05) is 13.2 Å². The number of hydrogen-bond donors (Lipinski definition) is 0. The fourth-order valence-corrected chi connectivity index (χ4v) is 3.66. The van der Waals surface area contributed by atoms with E-state index in [1.165, 1.54) is 0 Å². The van der Waals surface area contributed by atoms with Gasteiger partial charge in [0.2, 0.25) is 11.6 Å². The normalized spacial score (nSPS) is 17.7. The summed E-state index contributed by atoms with van der Waals surface area (Å²) in [5.74, 6) is -27.8. The molecule has 0 spiro atoms. The Morgan fingerprint density at radius 3 is 0.944 bits per heavy atom. The summed E-state index contributed by atoms with van der Waals surface area (Å²) >= 11 is 0. The molecule has 0 bridgehead atoms. The lowest BCUT2D eigenvalue weighted by atomic mass is 9.83. The van der Waals surface area contributed by atoms with Gasteiger partial charge in [-0.1, -0.05) is 0 Å². The van der Waals surface area contributed by atoms with E-state index in [4.69, 9.17) is 0 Å². The molecule has 0 unspecified atom stereocenters. The highest BCUT2D eigenvalue weighted by molar-refractivity contribution is 5.90. The fraction of sp³-hybridized carbons (Fsp3) is 0.364. The summed E-state index contributed by atoms with van der Waals surface area (Å²) in [6.45, 7) is -0.870. The van der Waals surface area contributed by atoms with Crippen LogP contribution in [-0.4, -0.2) is 25.2 Å². The second-order valence-corrected chi connectivity index (χ2v) is 7.97. The summed E-state index contributed by atoms with van der Waals surface area (Å²) in [6, 6.07) is 0. The standard InChI is InChI=1S/C22H14F10O4/c23-11-9(12(24)16(28)19(31)15(11)27)21(33)35-5-7-1-2-8(4-3-7)6-36-22(34)10-13(25)17(29)20(32)18(30)14(10)26/h7-8H,1-6H2. The number of ether oxygens (including phenoxy) is 2. The smallest absolute Gasteiger partial charge is 0.344 e. The number of esters is 2. The molecule has 1 fully saturated rings. The Hall–Kier alpha value is -3.32. The van der Waals surface area contributed by atoms with Crippen LogP contribution in [0.5, 0.6) is 0 Å². The maximum Gasteiger partial charge on any atom is 0.344 e. The number of rotatable bonds is 6. The van der Waals surface area contributed by atoms with Crippen molar-refractivity contribution in [2.24, 2.45) is 11.8 Å². The van der Waals surface area contributed by atoms with Gasteiger partial charge in [-0.25, -0.2) is 53.5 Å². The lowest BCUT2D eigenvalue weighted by Gasteiger charge is -2.27. The fourth-order valence-electron chi connectivity index (χ4n) is 3.66. The summed E-state index contributed by atoms with van der Waals surface area (Å²) in [5, 5.41) is 0. The largest absolute Gasteiger partial charge is 0.462 e. The van der Waals surface area contributed by atoms with Gasteiger partial charge >= 0.3 is 11.9 Å². The Morgan fingerprint density at radius 2 is 0.694 bits per heavy atom. The van der Waals surface area contributed by atoms with Gasteiger partial charge in [0.25, 0.3) is 0 Å². The molecule has 196 valence electrons. The Bertz CT molecular complexity index is 1060. The molecule has 2 aromatic carbocycles. The molecule has 4 nitrogen and oxygen atoms in total. The average Bonchev–Trinajstić information content (AvgIpc) is 2.86. The van der Waals surface area contributed by atoms with Crippen molar-refractivity contribution in [1.29, 1.82) is 0 Å². The predicted octanol–water partition coefficient (Wildman–Crippen LogP) is 5.90. The van der Waals surface area contributed by atoms with Crippen molar-refractivity contribution in [3.8, 4) is 0 Å². The van der Waals surface area contributed by atoms with Gasteiger partial charge in [-0.3, -0.25) is 0 Å². The van der Waals surface area contributed by atoms with Crippen LogP contribution in [-0.2, 0) is 9.47 Å². The molecule has 0 aliphatic heterocycles. The van der Waals surface area contributed by atoms with Gasteiger partial charge in [0, 0.05) is 0 Å². The topological polar surface area (TPSA) is 52.6 Å². The summed E-state index contributed by atoms with van der Waals surface area (Å²) in [5.41, 5.74) is -3.47. The number of carbonyl (C=O) groups is 2. The Morgan fingerprint density at radius 1 is 0.472 bits per heavy atom. The molecule has 1 aliphatic rings. The second kappa shape index (κ2) is 10.7. The molecule has 0 heterocycles. The molecule has 36 heavy (non-hydrogen) atoms. The third-order valence-corrected chi connectivity index (χ3v) is 5.69. The first kappa shape index (κ1) is 27.3. The molecule has 14 heteroatoms. The molecule has 2 aromatic rings. The quantitative estimate of drug-likeness (QED) is 0.201. The van der Waals surface area contributed by atoms with Crippen molar-refractivity contribution in [2.45, 2.75) is 25.7 Å². The number of carbonyl (C=O) groups excluding carboxylic acids is 2. The Kier molecular flexibility index (Phi) is 8.14. The minimum absolute atomic E-state index is 0.273. The predicted molar refractivity (Wildman–Crippen MR) is 98.5 cm³/mol. The highest BCUT2D eigenvalue weighted by atomic mass is 19.2. The molecule has 0 saturated heterocycles. The zero-order valence-corrected chi connectivity index (χ0v) is 17.8. The molecule has 0 radical (unpaired) electrons. The van der Waals surface area contributed by atoms with E-state index in [0.29, 0.717) is 0 Å². The minimum atomic E-state index is -2.43. The maximum absolute atomic E-state index is 13.7. The summed E-state index contributed by atoms with van der Waals surface area (Å²) in [7, 11) is 0. The number of halogens is 10. The average molecular weight is 532 g/mol. The SMILES string of the molecule is O=C(OCC1CCC(COC(=O)c2c(F)c(F)c(F)c(F)c2F)CC1)c1c(F)c(F)c(F)c(F)c1F. The molecule has 0 N–H and O–H groups in total. The van der Waals surface area contributed by atoms with Crippen LogP contribution in [0.4, 0.5) is 43.9 Å². The first-order valence-corrected chi connectivity index (χ1v) is 10.2. The third-order valence-electron chi connectivity index (χ3n) is 5.69. The zero-order chi connectivity index (χ0) is 26.9. The number of hydrogen-bond acceptors (Lipinski definition) is 4. The van der Waals surface area contributed by atoms with E-state index in [-0.39, 0.29) is 25.7 Å². The van der Waals surface area contributed by atoms with Gasteiger partial charge in [-0.15, -0.1) is 0 Å². The van der Waals surface area contributed by atoms with E-state index in [1.807, 2.05) is 0 Å². The van der Waals surface area contributed by atoms with Crippen molar-refractivity contribution >= 4 is 11.9 Å². The van der Waals surface area contributed by atoms with E-state index in [1.54, 1.807) is 0 Å². The van der Waals surface area contributed by atoms with Gasteiger partial charge in [0.15, 0.2) is 46.5 Å². The Labute approximate surface area is 195 Å². The maximum atomic E-state index is 13.7. The second-order valence-electron chi connectivity index (χ2n) is 7.97. The lowest BCUT2D eigenvalue weighted by molar-refractivity contribution is 0.0283. The lowest BCUT2D eigenvalue weighted by Crippen LogP contribution is -2.25. The third kappa shape index (κ3) is 5.12. The van der Waals surface area contributed by atoms with Gasteiger partial charge in [0.1, 0.15) is 11.1 Å². The van der Waals surface area contributed by atoms with Crippen LogP contribution in [0, 0.1) is 70.0 Å². The van der Waals surface area contributed by atoms with E-state index < -0.39 is 106 Å². The van der Waals surface area contributed by atoms with Crippen LogP contribution in [0.25, 0.3) is 0 Å². The van der Waals surface area contributed by atoms with E-state index in [0.717, 1.165) is 0 Å². The molecule has 0 aromatic heterocycles. The van der Waals surface area contributed by atoms with Crippen molar-refractivity contribution in [1.82, 2.24) is 0 Å². The zero-order valence-electron chi connectivity index (χ0n) is 17.8. The molecular weight excluding hydrogens is 518 g/mol. The summed E-state index contributed by atoms with van der Waals surface area (Å²) < 4.78 is 143.